The topological polar surface area (TPSA) is 0 Å². The molecule has 0 amide bonds. The van der Waals surface area contributed by atoms with E-state index in [1.54, 1.807) is 0 Å². The lowest BCUT2D eigenvalue weighted by molar-refractivity contribution is 0.364. The highest BCUT2D eigenvalue weighted by Crippen LogP contribution is 2.27. The van der Waals surface area contributed by atoms with Crippen LogP contribution in [0.15, 0.2) is 66.7 Å². The van der Waals surface area contributed by atoms with Crippen LogP contribution in [0, 0.1) is 11.8 Å². The Hall–Kier alpha value is -1.82. The molecule has 22 heavy (non-hydrogen) atoms. The molecule has 0 aliphatic carbocycles. The van der Waals surface area contributed by atoms with Crippen molar-refractivity contribution in [2.45, 2.75) is 40.0 Å². The third-order valence-electron chi connectivity index (χ3n) is 4.58. The highest BCUT2D eigenvalue weighted by Gasteiger charge is 2.11. The molecule has 2 aromatic carbocycles. The monoisotopic (exact) mass is 292 g/mol. The van der Waals surface area contributed by atoms with Crippen LogP contribution < -0.4 is 0 Å². The molecular weight excluding hydrogens is 264 g/mol. The van der Waals surface area contributed by atoms with Crippen LogP contribution in [0.4, 0.5) is 0 Å². The van der Waals surface area contributed by atoms with Crippen LogP contribution in [-0.4, -0.2) is 0 Å². The zero-order chi connectivity index (χ0) is 15.8. The number of hydrogen-bond donors (Lipinski definition) is 0. The number of hydrogen-bond acceptors (Lipinski definition) is 0. The van der Waals surface area contributed by atoms with Gasteiger partial charge in [0.2, 0.25) is 0 Å². The molecule has 0 aliphatic heterocycles. The molecule has 0 unspecified atom stereocenters. The quantitative estimate of drug-likeness (QED) is 0.540. The maximum Gasteiger partial charge on any atom is -0.0151 e. The summed E-state index contributed by atoms with van der Waals surface area (Å²) in [4.78, 5) is 0. The van der Waals surface area contributed by atoms with E-state index >= 15 is 0 Å². The van der Waals surface area contributed by atoms with E-state index in [0.717, 1.165) is 18.3 Å². The fourth-order valence-electron chi connectivity index (χ4n) is 2.91. The van der Waals surface area contributed by atoms with Crippen LogP contribution in [0.5, 0.6) is 0 Å². The van der Waals surface area contributed by atoms with Gasteiger partial charge in [0.1, 0.15) is 0 Å². The maximum atomic E-state index is 2.43. The van der Waals surface area contributed by atoms with Gasteiger partial charge in [0.15, 0.2) is 0 Å². The van der Waals surface area contributed by atoms with Gasteiger partial charge in [-0.15, -0.1) is 0 Å². The molecule has 0 nitrogen and oxygen atoms in total. The zero-order valence-electron chi connectivity index (χ0n) is 14.1. The first-order valence-corrected chi connectivity index (χ1v) is 8.53. The second kappa shape index (κ2) is 8.58. The Balaban J connectivity index is 2.24. The lowest BCUT2D eigenvalue weighted by Gasteiger charge is -2.18. The van der Waals surface area contributed by atoms with Crippen LogP contribution in [0.1, 0.15) is 51.2 Å². The lowest BCUT2D eigenvalue weighted by Crippen LogP contribution is -2.06. The summed E-state index contributed by atoms with van der Waals surface area (Å²) in [7, 11) is 0. The molecule has 2 atom stereocenters. The van der Waals surface area contributed by atoms with Gasteiger partial charge in [0.25, 0.3) is 0 Å². The van der Waals surface area contributed by atoms with Gasteiger partial charge in [-0.25, -0.2) is 0 Å². The van der Waals surface area contributed by atoms with Crippen molar-refractivity contribution in [1.29, 1.82) is 0 Å². The number of allylic oxidation sites excluding steroid dienone is 1. The average molecular weight is 292 g/mol. The number of benzene rings is 2. The summed E-state index contributed by atoms with van der Waals surface area (Å²) in [6.07, 6.45) is 6.17. The Morgan fingerprint density at radius 2 is 1.32 bits per heavy atom. The Labute approximate surface area is 135 Å². The normalized spacial score (nSPS) is 13.4. The van der Waals surface area contributed by atoms with E-state index in [9.17, 15) is 0 Å². The third-order valence-corrected chi connectivity index (χ3v) is 4.58. The van der Waals surface area contributed by atoms with Crippen molar-refractivity contribution in [3.8, 4) is 0 Å². The van der Waals surface area contributed by atoms with Crippen molar-refractivity contribution in [3.05, 3.63) is 77.9 Å². The molecule has 0 saturated heterocycles. The van der Waals surface area contributed by atoms with Crippen molar-refractivity contribution in [1.82, 2.24) is 0 Å². The second-order valence-corrected chi connectivity index (χ2v) is 6.33. The molecule has 0 saturated carbocycles. The molecule has 0 aliphatic rings. The standard InChI is InChI=1S/C22H28/c1-4-11-18(2)19(3)16-17-22(20-12-7-5-8-13-20)21-14-9-6-10-15-21/h5-10,12-15,17-19H,4,11,16H2,1-3H3/t18-,19-/m1/s1. The van der Waals surface area contributed by atoms with E-state index in [1.165, 1.54) is 29.5 Å². The van der Waals surface area contributed by atoms with Crippen LogP contribution >= 0.6 is 0 Å². The lowest BCUT2D eigenvalue weighted by atomic mass is 9.87. The highest BCUT2D eigenvalue weighted by atomic mass is 14.2. The first-order chi connectivity index (χ1) is 10.7. The van der Waals surface area contributed by atoms with E-state index < -0.39 is 0 Å². The predicted octanol–water partition coefficient (Wildman–Crippen LogP) is 6.58. The van der Waals surface area contributed by atoms with E-state index in [2.05, 4.69) is 87.5 Å². The molecule has 0 heteroatoms. The summed E-state index contributed by atoms with van der Waals surface area (Å²) in [6, 6.07) is 21.5. The minimum atomic E-state index is 0.724. The molecule has 116 valence electrons. The van der Waals surface area contributed by atoms with Gasteiger partial charge in [-0.3, -0.25) is 0 Å². The molecule has 0 N–H and O–H groups in total. The molecular formula is C22H28. The van der Waals surface area contributed by atoms with E-state index in [1.807, 2.05) is 0 Å². The van der Waals surface area contributed by atoms with Crippen molar-refractivity contribution < 1.29 is 0 Å². The molecule has 0 fully saturated rings. The maximum absolute atomic E-state index is 2.43. The van der Waals surface area contributed by atoms with Crippen molar-refractivity contribution >= 4 is 5.57 Å². The first-order valence-electron chi connectivity index (χ1n) is 8.53. The molecule has 0 spiro atoms. The summed E-state index contributed by atoms with van der Waals surface area (Å²) in [5, 5.41) is 0. The smallest absolute Gasteiger partial charge is 0.0151 e. The summed E-state index contributed by atoms with van der Waals surface area (Å²) in [5.74, 6) is 1.51. The fraction of sp³-hybridized carbons (Fsp3) is 0.364. The van der Waals surface area contributed by atoms with Crippen LogP contribution in [-0.2, 0) is 0 Å². The Morgan fingerprint density at radius 1 is 0.818 bits per heavy atom. The Kier molecular flexibility index (Phi) is 6.45. The van der Waals surface area contributed by atoms with Gasteiger partial charge < -0.3 is 0 Å². The molecule has 2 rings (SSSR count). The summed E-state index contributed by atoms with van der Waals surface area (Å²) in [5.41, 5.74) is 3.98. The minimum Gasteiger partial charge on any atom is -0.0758 e. The molecule has 0 heterocycles. The second-order valence-electron chi connectivity index (χ2n) is 6.33. The van der Waals surface area contributed by atoms with E-state index in [0.29, 0.717) is 0 Å². The van der Waals surface area contributed by atoms with Gasteiger partial charge in [-0.2, -0.15) is 0 Å². The zero-order valence-corrected chi connectivity index (χ0v) is 14.1. The molecule has 0 bridgehead atoms. The summed E-state index contributed by atoms with van der Waals surface area (Å²) < 4.78 is 0. The van der Waals surface area contributed by atoms with Gasteiger partial charge in [-0.05, 0) is 35.0 Å². The molecule has 0 radical (unpaired) electrons. The van der Waals surface area contributed by atoms with Crippen LogP contribution in [0.2, 0.25) is 0 Å². The van der Waals surface area contributed by atoms with Gasteiger partial charge in [-0.1, -0.05) is 100 Å². The molecule has 2 aromatic rings. The Bertz CT molecular complexity index is 524. The van der Waals surface area contributed by atoms with Crippen molar-refractivity contribution in [2.75, 3.05) is 0 Å². The minimum absolute atomic E-state index is 0.724. The van der Waals surface area contributed by atoms with Crippen LogP contribution in [0.25, 0.3) is 5.57 Å². The van der Waals surface area contributed by atoms with E-state index in [4.69, 9.17) is 0 Å². The van der Waals surface area contributed by atoms with Crippen LogP contribution in [0.3, 0.4) is 0 Å². The van der Waals surface area contributed by atoms with Crippen molar-refractivity contribution in [3.63, 3.8) is 0 Å². The van der Waals surface area contributed by atoms with E-state index in [-0.39, 0.29) is 0 Å². The van der Waals surface area contributed by atoms with Crippen molar-refractivity contribution in [2.24, 2.45) is 11.8 Å². The number of rotatable bonds is 7. The predicted molar refractivity (Wildman–Crippen MR) is 97.8 cm³/mol. The average Bonchev–Trinajstić information content (AvgIpc) is 2.57. The Morgan fingerprint density at radius 3 is 1.77 bits per heavy atom. The molecule has 0 aromatic heterocycles. The largest absolute Gasteiger partial charge is 0.0758 e. The van der Waals surface area contributed by atoms with Gasteiger partial charge in [0, 0.05) is 0 Å². The fourth-order valence-corrected chi connectivity index (χ4v) is 2.91. The van der Waals surface area contributed by atoms with Gasteiger partial charge in [0.05, 0.1) is 0 Å². The third kappa shape index (κ3) is 4.59. The van der Waals surface area contributed by atoms with Gasteiger partial charge >= 0.3 is 0 Å². The summed E-state index contributed by atoms with van der Waals surface area (Å²) in [6.45, 7) is 7.04. The SMILES string of the molecule is CCC[C@@H](C)[C@H](C)CC=C(c1ccccc1)c1ccccc1. The highest BCUT2D eigenvalue weighted by molar-refractivity contribution is 5.79. The first kappa shape index (κ1) is 16.5. The summed E-state index contributed by atoms with van der Waals surface area (Å²) >= 11 is 0.